The minimum absolute atomic E-state index is 0.368. The summed E-state index contributed by atoms with van der Waals surface area (Å²) in [4.78, 5) is 3.78. The normalized spacial score (nSPS) is 11.9. The molecule has 0 fully saturated rings. The quantitative estimate of drug-likeness (QED) is 0.350. The maximum Gasteiger partial charge on any atom is 0.200 e. The van der Waals surface area contributed by atoms with Gasteiger partial charge in [-0.1, -0.05) is 5.16 Å². The maximum absolute atomic E-state index is 8.27. The summed E-state index contributed by atoms with van der Waals surface area (Å²) in [5.74, 6) is 0.380. The van der Waals surface area contributed by atoms with Crippen molar-refractivity contribution in [3.63, 3.8) is 0 Å². The Morgan fingerprint density at radius 3 is 2.90 bits per heavy atom. The number of aromatic nitrogens is 2. The number of hydrogen-bond acceptors (Lipinski definition) is 6. The van der Waals surface area contributed by atoms with Crippen LogP contribution in [0.3, 0.4) is 0 Å². The molecule has 0 aromatic carbocycles. The second-order valence-electron chi connectivity index (χ2n) is 1.64. The summed E-state index contributed by atoms with van der Waals surface area (Å²) in [6, 6.07) is 0. The molecule has 10 heavy (non-hydrogen) atoms. The van der Waals surface area contributed by atoms with Crippen molar-refractivity contribution in [2.24, 2.45) is 5.16 Å². The van der Waals surface area contributed by atoms with Crippen LogP contribution in [0.15, 0.2) is 5.16 Å². The van der Waals surface area contributed by atoms with Gasteiger partial charge in [-0.2, -0.15) is 9.36 Å². The molecule has 54 valence electrons. The van der Waals surface area contributed by atoms with E-state index < -0.39 is 0 Å². The molecular formula is C4H6N4OS. The van der Waals surface area contributed by atoms with Crippen molar-refractivity contribution in [2.45, 2.75) is 6.92 Å². The molecule has 0 saturated heterocycles. The second-order valence-corrected chi connectivity index (χ2v) is 2.43. The molecule has 0 aliphatic carbocycles. The van der Waals surface area contributed by atoms with Gasteiger partial charge in [0.25, 0.3) is 0 Å². The van der Waals surface area contributed by atoms with Crippen LogP contribution < -0.4 is 5.73 Å². The Labute approximate surface area is 61.4 Å². The van der Waals surface area contributed by atoms with Crippen LogP contribution in [0.1, 0.15) is 12.7 Å². The predicted molar refractivity (Wildman–Crippen MR) is 38.3 cm³/mol. The monoisotopic (exact) mass is 158 g/mol. The zero-order valence-electron chi connectivity index (χ0n) is 5.27. The van der Waals surface area contributed by atoms with Crippen molar-refractivity contribution in [3.05, 3.63) is 5.82 Å². The summed E-state index contributed by atoms with van der Waals surface area (Å²) in [5.41, 5.74) is 5.65. The third kappa shape index (κ3) is 1.21. The fraction of sp³-hybridized carbons (Fsp3) is 0.250. The highest BCUT2D eigenvalue weighted by Gasteiger charge is 2.03. The first kappa shape index (κ1) is 6.94. The first-order valence-corrected chi connectivity index (χ1v) is 3.29. The Bertz CT molecular complexity index is 256. The van der Waals surface area contributed by atoms with E-state index in [2.05, 4.69) is 14.5 Å². The fourth-order valence-electron chi connectivity index (χ4n) is 0.427. The minimum atomic E-state index is 0.368. The van der Waals surface area contributed by atoms with E-state index in [0.29, 0.717) is 16.7 Å². The highest BCUT2D eigenvalue weighted by molar-refractivity contribution is 7.09. The van der Waals surface area contributed by atoms with Crippen molar-refractivity contribution < 1.29 is 5.21 Å². The number of oxime groups is 1. The Morgan fingerprint density at radius 2 is 2.50 bits per heavy atom. The van der Waals surface area contributed by atoms with Gasteiger partial charge in [0, 0.05) is 11.5 Å². The third-order valence-electron chi connectivity index (χ3n) is 0.915. The van der Waals surface area contributed by atoms with Crippen LogP contribution >= 0.6 is 11.5 Å². The van der Waals surface area contributed by atoms with Crippen LogP contribution in [0.5, 0.6) is 0 Å². The number of anilines is 1. The van der Waals surface area contributed by atoms with Crippen LogP contribution in [-0.2, 0) is 0 Å². The van der Waals surface area contributed by atoms with Crippen molar-refractivity contribution in [3.8, 4) is 0 Å². The molecule has 0 bridgehead atoms. The van der Waals surface area contributed by atoms with Crippen LogP contribution in [0.4, 0.5) is 5.13 Å². The van der Waals surface area contributed by atoms with Gasteiger partial charge < -0.3 is 10.9 Å². The summed E-state index contributed by atoms with van der Waals surface area (Å²) in [5, 5.41) is 11.6. The molecule has 0 unspecified atom stereocenters. The van der Waals surface area contributed by atoms with E-state index in [4.69, 9.17) is 10.9 Å². The first-order chi connectivity index (χ1) is 4.74. The Morgan fingerprint density at radius 1 is 1.80 bits per heavy atom. The van der Waals surface area contributed by atoms with Gasteiger partial charge in [0.2, 0.25) is 0 Å². The lowest BCUT2D eigenvalue weighted by atomic mass is 10.4. The van der Waals surface area contributed by atoms with E-state index >= 15 is 0 Å². The van der Waals surface area contributed by atoms with Crippen LogP contribution in [-0.4, -0.2) is 20.3 Å². The lowest BCUT2D eigenvalue weighted by Gasteiger charge is -1.84. The lowest BCUT2D eigenvalue weighted by Crippen LogP contribution is -1.97. The van der Waals surface area contributed by atoms with Gasteiger partial charge in [0.1, 0.15) is 5.71 Å². The highest BCUT2D eigenvalue weighted by Crippen LogP contribution is 2.05. The molecule has 0 radical (unpaired) electrons. The zero-order valence-corrected chi connectivity index (χ0v) is 6.09. The Balaban J connectivity index is 2.95. The molecule has 1 aromatic heterocycles. The van der Waals surface area contributed by atoms with Crippen LogP contribution in [0.2, 0.25) is 0 Å². The van der Waals surface area contributed by atoms with E-state index in [1.54, 1.807) is 6.92 Å². The molecule has 5 nitrogen and oxygen atoms in total. The molecular weight excluding hydrogens is 152 g/mol. The fourth-order valence-corrected chi connectivity index (χ4v) is 0.907. The van der Waals surface area contributed by atoms with E-state index in [-0.39, 0.29) is 0 Å². The van der Waals surface area contributed by atoms with Gasteiger partial charge in [-0.05, 0) is 6.92 Å². The molecule has 0 saturated carbocycles. The van der Waals surface area contributed by atoms with Crippen molar-refractivity contribution >= 4 is 22.4 Å². The summed E-state index contributed by atoms with van der Waals surface area (Å²) in [6.07, 6.45) is 0. The van der Waals surface area contributed by atoms with Gasteiger partial charge in [-0.15, -0.1) is 0 Å². The molecule has 0 amide bonds. The first-order valence-electron chi connectivity index (χ1n) is 2.52. The van der Waals surface area contributed by atoms with Crippen molar-refractivity contribution in [1.82, 2.24) is 9.36 Å². The number of nitrogens with two attached hydrogens (primary N) is 1. The van der Waals surface area contributed by atoms with Gasteiger partial charge in [0.15, 0.2) is 11.0 Å². The molecule has 3 N–H and O–H groups in total. The summed E-state index contributed by atoms with van der Waals surface area (Å²) in [7, 11) is 0. The molecule has 0 atom stereocenters. The van der Waals surface area contributed by atoms with E-state index in [1.165, 1.54) is 0 Å². The van der Waals surface area contributed by atoms with Gasteiger partial charge in [-0.25, -0.2) is 0 Å². The number of nitrogen functional groups attached to an aromatic ring is 1. The van der Waals surface area contributed by atoms with Gasteiger partial charge >= 0.3 is 0 Å². The third-order valence-corrected chi connectivity index (χ3v) is 1.46. The average Bonchev–Trinajstić information content (AvgIpc) is 2.34. The largest absolute Gasteiger partial charge is 0.411 e. The molecule has 0 spiro atoms. The average molecular weight is 158 g/mol. The highest BCUT2D eigenvalue weighted by atomic mass is 32.1. The van der Waals surface area contributed by atoms with E-state index in [0.717, 1.165) is 11.5 Å². The van der Waals surface area contributed by atoms with Gasteiger partial charge in [0.05, 0.1) is 0 Å². The Hall–Kier alpha value is -1.17. The molecule has 1 heterocycles. The summed E-state index contributed by atoms with van der Waals surface area (Å²) in [6.45, 7) is 1.60. The van der Waals surface area contributed by atoms with Crippen molar-refractivity contribution in [1.29, 1.82) is 0 Å². The number of rotatable bonds is 1. The molecule has 6 heteroatoms. The number of nitrogens with zero attached hydrogens (tertiary/aromatic N) is 3. The topological polar surface area (TPSA) is 84.4 Å². The van der Waals surface area contributed by atoms with Crippen LogP contribution in [0, 0.1) is 0 Å². The lowest BCUT2D eigenvalue weighted by molar-refractivity contribution is 0.319. The van der Waals surface area contributed by atoms with E-state index in [9.17, 15) is 0 Å². The Kier molecular flexibility index (Phi) is 1.81. The molecule has 0 aliphatic rings. The second kappa shape index (κ2) is 2.61. The minimum Gasteiger partial charge on any atom is -0.411 e. The van der Waals surface area contributed by atoms with Crippen LogP contribution in [0.25, 0.3) is 0 Å². The molecule has 0 aliphatic heterocycles. The molecule has 1 aromatic rings. The zero-order chi connectivity index (χ0) is 7.56. The smallest absolute Gasteiger partial charge is 0.200 e. The predicted octanol–water partition coefficient (Wildman–Crippen LogP) is 0.319. The standard InChI is InChI=1S/C4H6N4OS/c1-2(7-9)3-6-4(5)10-8-3/h9H,1H3,(H2,5,6,8)/b7-2+. The van der Waals surface area contributed by atoms with E-state index in [1.807, 2.05) is 0 Å². The summed E-state index contributed by atoms with van der Waals surface area (Å²) < 4.78 is 3.80. The maximum atomic E-state index is 8.27. The SMILES string of the molecule is C/C(=N\O)c1nsc(N)n1. The van der Waals surface area contributed by atoms with Gasteiger partial charge in [-0.3, -0.25) is 0 Å². The van der Waals surface area contributed by atoms with Crippen molar-refractivity contribution in [2.75, 3.05) is 5.73 Å². The number of hydrogen-bond donors (Lipinski definition) is 2. The summed E-state index contributed by atoms with van der Waals surface area (Å²) >= 11 is 1.07. The molecule has 1 rings (SSSR count).